The summed E-state index contributed by atoms with van der Waals surface area (Å²) in [6, 6.07) is 11.5. The third kappa shape index (κ3) is 4.47. The fraction of sp³-hybridized carbons (Fsp3) is 0.333. The van der Waals surface area contributed by atoms with Crippen LogP contribution >= 0.6 is 0 Å². The van der Waals surface area contributed by atoms with E-state index in [1.165, 1.54) is 0 Å². The van der Waals surface area contributed by atoms with Gasteiger partial charge in [-0.05, 0) is 88.1 Å². The second kappa shape index (κ2) is 7.09. The van der Waals surface area contributed by atoms with Crippen LogP contribution in [0.5, 0.6) is 0 Å². The fourth-order valence-corrected chi connectivity index (χ4v) is 2.54. The standard InChI is InChI=1S/C21H26N2O2/c1-13-9-14(2)11-18(10-13)23-20(25)21(5,6)19(24)22-17-8-7-15(3)16(4)12-17/h7-12H,1-6H3,(H,22,24)(H,23,25). The zero-order chi connectivity index (χ0) is 18.8. The van der Waals surface area contributed by atoms with Gasteiger partial charge in [-0.15, -0.1) is 0 Å². The van der Waals surface area contributed by atoms with E-state index in [9.17, 15) is 9.59 Å². The van der Waals surface area contributed by atoms with Gasteiger partial charge in [0.2, 0.25) is 11.8 Å². The smallest absolute Gasteiger partial charge is 0.239 e. The van der Waals surface area contributed by atoms with Crippen LogP contribution in [0.2, 0.25) is 0 Å². The van der Waals surface area contributed by atoms with Gasteiger partial charge in [0.15, 0.2) is 0 Å². The first-order chi connectivity index (χ1) is 11.6. The molecule has 0 aliphatic heterocycles. The van der Waals surface area contributed by atoms with Gasteiger partial charge in [-0.2, -0.15) is 0 Å². The lowest BCUT2D eigenvalue weighted by molar-refractivity contribution is -0.135. The van der Waals surface area contributed by atoms with Crippen LogP contribution in [-0.2, 0) is 9.59 Å². The normalized spacial score (nSPS) is 11.1. The summed E-state index contributed by atoms with van der Waals surface area (Å²) in [6.07, 6.45) is 0. The average molecular weight is 338 g/mol. The van der Waals surface area contributed by atoms with E-state index >= 15 is 0 Å². The van der Waals surface area contributed by atoms with E-state index in [0.29, 0.717) is 11.4 Å². The summed E-state index contributed by atoms with van der Waals surface area (Å²) in [6.45, 7) is 11.2. The molecule has 2 amide bonds. The van der Waals surface area contributed by atoms with Crippen LogP contribution < -0.4 is 10.6 Å². The van der Waals surface area contributed by atoms with Crippen LogP contribution in [0.3, 0.4) is 0 Å². The molecule has 4 nitrogen and oxygen atoms in total. The maximum atomic E-state index is 12.6. The van der Waals surface area contributed by atoms with Gasteiger partial charge >= 0.3 is 0 Å². The van der Waals surface area contributed by atoms with E-state index in [2.05, 4.69) is 10.6 Å². The number of aryl methyl sites for hydroxylation is 4. The van der Waals surface area contributed by atoms with E-state index in [-0.39, 0.29) is 11.8 Å². The first-order valence-corrected chi connectivity index (χ1v) is 8.38. The van der Waals surface area contributed by atoms with Crippen molar-refractivity contribution in [3.05, 3.63) is 58.7 Å². The number of hydrogen-bond donors (Lipinski definition) is 2. The van der Waals surface area contributed by atoms with Gasteiger partial charge in [0.05, 0.1) is 0 Å². The number of carbonyl (C=O) groups is 2. The number of anilines is 2. The zero-order valence-electron chi connectivity index (χ0n) is 15.8. The molecule has 0 aliphatic rings. The summed E-state index contributed by atoms with van der Waals surface area (Å²) in [5.74, 6) is -0.670. The van der Waals surface area contributed by atoms with Crippen molar-refractivity contribution in [2.75, 3.05) is 10.6 Å². The molecular weight excluding hydrogens is 312 g/mol. The maximum absolute atomic E-state index is 12.6. The first-order valence-electron chi connectivity index (χ1n) is 8.38. The van der Waals surface area contributed by atoms with Gasteiger partial charge in [0, 0.05) is 11.4 Å². The topological polar surface area (TPSA) is 58.2 Å². The average Bonchev–Trinajstić information content (AvgIpc) is 2.49. The molecule has 0 heterocycles. The van der Waals surface area contributed by atoms with Crippen LogP contribution in [0, 0.1) is 33.1 Å². The van der Waals surface area contributed by atoms with E-state index in [1.807, 2.05) is 64.1 Å². The molecule has 0 aliphatic carbocycles. The largest absolute Gasteiger partial charge is 0.325 e. The molecule has 4 heteroatoms. The van der Waals surface area contributed by atoms with E-state index in [4.69, 9.17) is 0 Å². The molecule has 0 saturated carbocycles. The number of nitrogens with one attached hydrogen (secondary N) is 2. The lowest BCUT2D eigenvalue weighted by Gasteiger charge is -2.23. The van der Waals surface area contributed by atoms with Crippen LogP contribution in [0.1, 0.15) is 36.1 Å². The Morgan fingerprint density at radius 1 is 0.720 bits per heavy atom. The molecule has 2 aromatic rings. The molecule has 0 unspecified atom stereocenters. The molecule has 2 rings (SSSR count). The summed E-state index contributed by atoms with van der Waals surface area (Å²) in [5.41, 5.74) is 4.58. The monoisotopic (exact) mass is 338 g/mol. The van der Waals surface area contributed by atoms with Gasteiger partial charge in [0.25, 0.3) is 0 Å². The second-order valence-electron chi connectivity index (χ2n) is 7.21. The summed E-state index contributed by atoms with van der Waals surface area (Å²) < 4.78 is 0. The number of amides is 2. The van der Waals surface area contributed by atoms with Crippen molar-refractivity contribution >= 4 is 23.2 Å². The Hall–Kier alpha value is -2.62. The highest BCUT2D eigenvalue weighted by Gasteiger charge is 2.36. The second-order valence-corrected chi connectivity index (χ2v) is 7.21. The van der Waals surface area contributed by atoms with E-state index < -0.39 is 5.41 Å². The van der Waals surface area contributed by atoms with Crippen LogP contribution in [0.25, 0.3) is 0 Å². The minimum absolute atomic E-state index is 0.334. The third-order valence-corrected chi connectivity index (χ3v) is 4.38. The highest BCUT2D eigenvalue weighted by atomic mass is 16.2. The minimum atomic E-state index is -1.20. The predicted octanol–water partition coefficient (Wildman–Crippen LogP) is 4.52. The fourth-order valence-electron chi connectivity index (χ4n) is 2.54. The first kappa shape index (κ1) is 18.7. The molecule has 0 aromatic heterocycles. The Morgan fingerprint density at radius 3 is 1.76 bits per heavy atom. The zero-order valence-corrected chi connectivity index (χ0v) is 15.8. The molecule has 25 heavy (non-hydrogen) atoms. The van der Waals surface area contributed by atoms with Gasteiger partial charge < -0.3 is 10.6 Å². The summed E-state index contributed by atoms with van der Waals surface area (Å²) in [5, 5.41) is 5.69. The number of rotatable bonds is 4. The molecule has 0 atom stereocenters. The van der Waals surface area contributed by atoms with Gasteiger partial charge in [-0.3, -0.25) is 9.59 Å². The molecule has 2 N–H and O–H groups in total. The minimum Gasteiger partial charge on any atom is -0.325 e. The van der Waals surface area contributed by atoms with Crippen molar-refractivity contribution < 1.29 is 9.59 Å². The molecule has 132 valence electrons. The van der Waals surface area contributed by atoms with Crippen LogP contribution in [0.4, 0.5) is 11.4 Å². The van der Waals surface area contributed by atoms with E-state index in [1.54, 1.807) is 13.8 Å². The lowest BCUT2D eigenvalue weighted by atomic mass is 9.90. The Balaban J connectivity index is 2.13. The van der Waals surface area contributed by atoms with Gasteiger partial charge in [-0.1, -0.05) is 12.1 Å². The number of carbonyl (C=O) groups excluding carboxylic acids is 2. The Kier molecular flexibility index (Phi) is 5.31. The van der Waals surface area contributed by atoms with Crippen molar-refractivity contribution in [2.24, 2.45) is 5.41 Å². The summed E-state index contributed by atoms with van der Waals surface area (Å²) in [4.78, 5) is 25.3. The molecule has 0 fully saturated rings. The highest BCUT2D eigenvalue weighted by molar-refractivity contribution is 6.14. The third-order valence-electron chi connectivity index (χ3n) is 4.38. The highest BCUT2D eigenvalue weighted by Crippen LogP contribution is 2.23. The molecule has 0 saturated heterocycles. The van der Waals surface area contributed by atoms with E-state index in [0.717, 1.165) is 22.3 Å². The van der Waals surface area contributed by atoms with Crippen molar-refractivity contribution in [3.63, 3.8) is 0 Å². The van der Waals surface area contributed by atoms with Crippen molar-refractivity contribution in [3.8, 4) is 0 Å². The SMILES string of the molecule is Cc1cc(C)cc(NC(=O)C(C)(C)C(=O)Nc2ccc(C)c(C)c2)c1. The molecule has 0 radical (unpaired) electrons. The van der Waals surface area contributed by atoms with Crippen molar-refractivity contribution in [1.82, 2.24) is 0 Å². The van der Waals surface area contributed by atoms with Gasteiger partial charge in [0.1, 0.15) is 5.41 Å². The molecule has 0 bridgehead atoms. The van der Waals surface area contributed by atoms with Gasteiger partial charge in [-0.25, -0.2) is 0 Å². The quantitative estimate of drug-likeness (QED) is 0.805. The van der Waals surface area contributed by atoms with Crippen LogP contribution in [-0.4, -0.2) is 11.8 Å². The number of hydrogen-bond acceptors (Lipinski definition) is 2. The molecule has 2 aromatic carbocycles. The molecular formula is C21H26N2O2. The number of benzene rings is 2. The summed E-state index contributed by atoms with van der Waals surface area (Å²) >= 11 is 0. The Morgan fingerprint density at radius 2 is 1.24 bits per heavy atom. The Bertz CT molecular complexity index is 802. The van der Waals surface area contributed by atoms with Crippen LogP contribution in [0.15, 0.2) is 36.4 Å². The maximum Gasteiger partial charge on any atom is 0.239 e. The summed E-state index contributed by atoms with van der Waals surface area (Å²) in [7, 11) is 0. The van der Waals surface area contributed by atoms with Crippen molar-refractivity contribution in [1.29, 1.82) is 0 Å². The molecule has 0 spiro atoms. The lowest BCUT2D eigenvalue weighted by Crippen LogP contribution is -2.41. The van der Waals surface area contributed by atoms with Crippen molar-refractivity contribution in [2.45, 2.75) is 41.5 Å². The predicted molar refractivity (Wildman–Crippen MR) is 103 cm³/mol. The Labute approximate surface area is 149 Å².